The molecule has 0 saturated carbocycles. The molecule has 0 spiro atoms. The Morgan fingerprint density at radius 1 is 1.23 bits per heavy atom. The molecular weight excluding hydrogens is 164 g/mol. The van der Waals surface area contributed by atoms with Crippen LogP contribution >= 0.6 is 0 Å². The second-order valence-electron chi connectivity index (χ2n) is 2.82. The molecule has 0 radical (unpaired) electrons. The molecule has 1 heterocycles. The van der Waals surface area contributed by atoms with Gasteiger partial charge in [-0.05, 0) is 26.0 Å². The van der Waals surface area contributed by atoms with Crippen molar-refractivity contribution in [3.63, 3.8) is 0 Å². The van der Waals surface area contributed by atoms with E-state index in [-0.39, 0.29) is 0 Å². The molecule has 4 nitrogen and oxygen atoms in total. The third-order valence-electron chi connectivity index (χ3n) is 2.03. The van der Waals surface area contributed by atoms with Crippen molar-refractivity contribution in [2.24, 2.45) is 0 Å². The lowest BCUT2D eigenvalue weighted by molar-refractivity contribution is 0.847. The second-order valence-corrected chi connectivity index (χ2v) is 2.82. The number of nitrogens with two attached hydrogens (primary N) is 2. The van der Waals surface area contributed by atoms with Crippen LogP contribution in [-0.4, -0.2) is 18.1 Å². The summed E-state index contributed by atoms with van der Waals surface area (Å²) in [5.74, 6) is 1.29. The van der Waals surface area contributed by atoms with Crippen LogP contribution in [0.25, 0.3) is 0 Å². The summed E-state index contributed by atoms with van der Waals surface area (Å²) >= 11 is 0. The van der Waals surface area contributed by atoms with Crippen molar-refractivity contribution in [3.8, 4) is 0 Å². The van der Waals surface area contributed by atoms with Crippen molar-refractivity contribution >= 4 is 17.3 Å². The summed E-state index contributed by atoms with van der Waals surface area (Å²) in [7, 11) is 0. The first-order chi connectivity index (χ1) is 6.19. The topological polar surface area (TPSA) is 68.2 Å². The van der Waals surface area contributed by atoms with Gasteiger partial charge in [-0.2, -0.15) is 0 Å². The highest BCUT2D eigenvalue weighted by molar-refractivity contribution is 5.62. The van der Waals surface area contributed by atoms with E-state index in [0.29, 0.717) is 11.5 Å². The van der Waals surface area contributed by atoms with Gasteiger partial charge in [0.1, 0.15) is 11.6 Å². The molecule has 0 amide bonds. The van der Waals surface area contributed by atoms with Crippen molar-refractivity contribution < 1.29 is 0 Å². The highest BCUT2D eigenvalue weighted by Gasteiger charge is 2.04. The van der Waals surface area contributed by atoms with Crippen LogP contribution in [0.1, 0.15) is 13.8 Å². The largest absolute Gasteiger partial charge is 0.396 e. The first-order valence-electron chi connectivity index (χ1n) is 4.46. The van der Waals surface area contributed by atoms with Crippen LogP contribution in [0.3, 0.4) is 0 Å². The number of nitrogen functional groups attached to an aromatic ring is 2. The zero-order valence-corrected chi connectivity index (χ0v) is 8.12. The zero-order chi connectivity index (χ0) is 9.84. The average Bonchev–Trinajstić information content (AvgIpc) is 2.13. The minimum atomic E-state index is 0.407. The van der Waals surface area contributed by atoms with E-state index < -0.39 is 0 Å². The minimum Gasteiger partial charge on any atom is -0.396 e. The Hall–Kier alpha value is -1.45. The normalized spacial score (nSPS) is 10.0. The van der Waals surface area contributed by atoms with Crippen LogP contribution in [0.15, 0.2) is 12.1 Å². The lowest BCUT2D eigenvalue weighted by Gasteiger charge is -2.19. The molecule has 0 aliphatic carbocycles. The fourth-order valence-corrected chi connectivity index (χ4v) is 1.20. The summed E-state index contributed by atoms with van der Waals surface area (Å²) < 4.78 is 0. The van der Waals surface area contributed by atoms with Gasteiger partial charge in [-0.25, -0.2) is 4.98 Å². The first-order valence-corrected chi connectivity index (χ1v) is 4.46. The summed E-state index contributed by atoms with van der Waals surface area (Å²) in [6.45, 7) is 6.01. The third kappa shape index (κ3) is 2.02. The van der Waals surface area contributed by atoms with E-state index in [2.05, 4.69) is 23.7 Å². The predicted molar refractivity (Wildman–Crippen MR) is 56.6 cm³/mol. The summed E-state index contributed by atoms with van der Waals surface area (Å²) in [5, 5.41) is 0. The van der Waals surface area contributed by atoms with E-state index in [4.69, 9.17) is 11.5 Å². The number of aromatic nitrogens is 1. The van der Waals surface area contributed by atoms with E-state index >= 15 is 0 Å². The molecule has 4 N–H and O–H groups in total. The molecule has 0 atom stereocenters. The molecule has 0 saturated heterocycles. The van der Waals surface area contributed by atoms with Gasteiger partial charge in [-0.3, -0.25) is 0 Å². The number of pyridine rings is 1. The molecule has 0 bridgehead atoms. The lowest BCUT2D eigenvalue weighted by Crippen LogP contribution is -2.23. The fraction of sp³-hybridized carbons (Fsp3) is 0.444. The van der Waals surface area contributed by atoms with Gasteiger partial charge in [0.25, 0.3) is 0 Å². The van der Waals surface area contributed by atoms with Crippen LogP contribution in [0.2, 0.25) is 0 Å². The smallest absolute Gasteiger partial charge is 0.149 e. The van der Waals surface area contributed by atoms with Gasteiger partial charge in [-0.1, -0.05) is 0 Å². The Bertz CT molecular complexity index is 281. The Morgan fingerprint density at radius 3 is 2.31 bits per heavy atom. The third-order valence-corrected chi connectivity index (χ3v) is 2.03. The molecule has 72 valence electrons. The van der Waals surface area contributed by atoms with Gasteiger partial charge >= 0.3 is 0 Å². The lowest BCUT2D eigenvalue weighted by atomic mass is 10.3. The van der Waals surface area contributed by atoms with Crippen LogP contribution < -0.4 is 16.4 Å². The van der Waals surface area contributed by atoms with Gasteiger partial charge in [0.15, 0.2) is 0 Å². The molecule has 0 fully saturated rings. The van der Waals surface area contributed by atoms with Crippen LogP contribution in [0.5, 0.6) is 0 Å². The number of hydrogen-bond donors (Lipinski definition) is 2. The van der Waals surface area contributed by atoms with Crippen molar-refractivity contribution in [2.45, 2.75) is 13.8 Å². The fourth-order valence-electron chi connectivity index (χ4n) is 1.20. The van der Waals surface area contributed by atoms with Gasteiger partial charge in [0.2, 0.25) is 0 Å². The molecule has 1 aromatic rings. The summed E-state index contributed by atoms with van der Waals surface area (Å²) in [4.78, 5) is 6.31. The molecule has 4 heteroatoms. The van der Waals surface area contributed by atoms with E-state index in [9.17, 15) is 0 Å². The minimum absolute atomic E-state index is 0.407. The maximum Gasteiger partial charge on any atom is 0.149 e. The van der Waals surface area contributed by atoms with E-state index in [0.717, 1.165) is 18.9 Å². The standard InChI is InChI=1S/C9H16N4/c1-3-13(4-2)8-6-5-7(10)9(11)12-8/h5-6H,3-4,10H2,1-2H3,(H2,11,12). The van der Waals surface area contributed by atoms with Gasteiger partial charge in [0, 0.05) is 13.1 Å². The Morgan fingerprint density at radius 2 is 1.85 bits per heavy atom. The first kappa shape index (κ1) is 9.64. The van der Waals surface area contributed by atoms with E-state index in [1.165, 1.54) is 0 Å². The molecular formula is C9H16N4. The molecule has 1 aromatic heterocycles. The molecule has 0 aliphatic heterocycles. The summed E-state index contributed by atoms with van der Waals surface area (Å²) in [6, 6.07) is 3.68. The maximum atomic E-state index is 5.61. The molecule has 0 aromatic carbocycles. The van der Waals surface area contributed by atoms with Crippen molar-refractivity contribution in [3.05, 3.63) is 12.1 Å². The molecule has 13 heavy (non-hydrogen) atoms. The average molecular weight is 180 g/mol. The van der Waals surface area contributed by atoms with E-state index in [1.54, 1.807) is 6.07 Å². The van der Waals surface area contributed by atoms with Gasteiger partial charge in [-0.15, -0.1) is 0 Å². The molecule has 0 unspecified atom stereocenters. The number of rotatable bonds is 3. The van der Waals surface area contributed by atoms with Gasteiger partial charge < -0.3 is 16.4 Å². The van der Waals surface area contributed by atoms with Crippen molar-refractivity contribution in [1.29, 1.82) is 0 Å². The highest BCUT2D eigenvalue weighted by atomic mass is 15.2. The quantitative estimate of drug-likeness (QED) is 0.730. The number of anilines is 3. The Kier molecular flexibility index (Phi) is 2.95. The predicted octanol–water partition coefficient (Wildman–Crippen LogP) is 1.09. The van der Waals surface area contributed by atoms with Crippen molar-refractivity contribution in [2.75, 3.05) is 29.5 Å². The summed E-state index contributed by atoms with van der Waals surface area (Å²) in [6.07, 6.45) is 0. The SMILES string of the molecule is CCN(CC)c1ccc(N)c(N)n1. The maximum absolute atomic E-state index is 5.61. The Balaban J connectivity index is 2.95. The monoisotopic (exact) mass is 180 g/mol. The second kappa shape index (κ2) is 3.98. The van der Waals surface area contributed by atoms with Crippen LogP contribution in [0.4, 0.5) is 17.3 Å². The van der Waals surface area contributed by atoms with E-state index in [1.807, 2.05) is 6.07 Å². The highest BCUT2D eigenvalue weighted by Crippen LogP contribution is 2.17. The van der Waals surface area contributed by atoms with Crippen molar-refractivity contribution in [1.82, 2.24) is 4.98 Å². The summed E-state index contributed by atoms with van der Waals surface area (Å²) in [5.41, 5.74) is 11.7. The number of hydrogen-bond acceptors (Lipinski definition) is 4. The Labute approximate surface area is 78.6 Å². The van der Waals surface area contributed by atoms with Gasteiger partial charge in [0.05, 0.1) is 5.69 Å². The molecule has 0 aliphatic rings. The zero-order valence-electron chi connectivity index (χ0n) is 8.12. The van der Waals surface area contributed by atoms with Crippen LogP contribution in [-0.2, 0) is 0 Å². The number of nitrogens with zero attached hydrogens (tertiary/aromatic N) is 2. The molecule has 1 rings (SSSR count). The van der Waals surface area contributed by atoms with Crippen LogP contribution in [0, 0.1) is 0 Å².